The van der Waals surface area contributed by atoms with Gasteiger partial charge in [-0.3, -0.25) is 4.90 Å². The lowest BCUT2D eigenvalue weighted by Crippen LogP contribution is -2.23. The van der Waals surface area contributed by atoms with Gasteiger partial charge in [-0.1, -0.05) is 20.8 Å². The fraction of sp³-hybridized carbons (Fsp3) is 0.769. The van der Waals surface area contributed by atoms with Crippen molar-refractivity contribution in [2.24, 2.45) is 0 Å². The monoisotopic (exact) mass is 222 g/mol. The third-order valence-corrected chi connectivity index (χ3v) is 3.31. The quantitative estimate of drug-likeness (QED) is 0.770. The highest BCUT2D eigenvalue weighted by Crippen LogP contribution is 2.28. The molecule has 1 aromatic rings. The molecule has 1 fully saturated rings. The SMILES string of the molecule is C[C@@H](c1ncc(C(C)(C)C)o1)N1CCCC1. The van der Waals surface area contributed by atoms with E-state index in [2.05, 4.69) is 37.6 Å². The lowest BCUT2D eigenvalue weighted by atomic mass is 9.94. The number of aromatic nitrogens is 1. The van der Waals surface area contributed by atoms with Crippen molar-refractivity contribution in [3.8, 4) is 0 Å². The van der Waals surface area contributed by atoms with Gasteiger partial charge in [0.15, 0.2) is 0 Å². The van der Waals surface area contributed by atoms with Gasteiger partial charge < -0.3 is 4.42 Å². The lowest BCUT2D eigenvalue weighted by molar-refractivity contribution is 0.217. The molecule has 90 valence electrons. The van der Waals surface area contributed by atoms with Crippen LogP contribution >= 0.6 is 0 Å². The van der Waals surface area contributed by atoms with Crippen molar-refractivity contribution in [1.29, 1.82) is 0 Å². The van der Waals surface area contributed by atoms with Gasteiger partial charge in [0.2, 0.25) is 5.89 Å². The molecule has 16 heavy (non-hydrogen) atoms. The van der Waals surface area contributed by atoms with E-state index in [1.54, 1.807) is 0 Å². The Balaban J connectivity index is 2.12. The molecule has 1 aliphatic heterocycles. The molecule has 0 aliphatic carbocycles. The molecule has 2 rings (SSSR count). The third-order valence-electron chi connectivity index (χ3n) is 3.31. The van der Waals surface area contributed by atoms with Gasteiger partial charge in [0.25, 0.3) is 0 Å². The number of hydrogen-bond donors (Lipinski definition) is 0. The predicted octanol–water partition coefficient (Wildman–Crippen LogP) is 3.13. The summed E-state index contributed by atoms with van der Waals surface area (Å²) in [4.78, 5) is 6.86. The van der Waals surface area contributed by atoms with E-state index >= 15 is 0 Å². The highest BCUT2D eigenvalue weighted by atomic mass is 16.4. The Morgan fingerprint density at radius 3 is 2.44 bits per heavy atom. The number of rotatable bonds is 2. The van der Waals surface area contributed by atoms with Crippen molar-refractivity contribution in [1.82, 2.24) is 9.88 Å². The molecule has 0 bridgehead atoms. The molecule has 1 aromatic heterocycles. The first-order valence-corrected chi connectivity index (χ1v) is 6.19. The second-order valence-electron chi connectivity index (χ2n) is 5.73. The lowest BCUT2D eigenvalue weighted by Gasteiger charge is -2.21. The van der Waals surface area contributed by atoms with Crippen molar-refractivity contribution in [2.75, 3.05) is 13.1 Å². The van der Waals surface area contributed by atoms with Gasteiger partial charge >= 0.3 is 0 Å². The van der Waals surface area contributed by atoms with Crippen LogP contribution in [0.1, 0.15) is 58.2 Å². The smallest absolute Gasteiger partial charge is 0.211 e. The molecule has 0 unspecified atom stereocenters. The van der Waals surface area contributed by atoms with E-state index in [4.69, 9.17) is 4.42 Å². The molecule has 0 radical (unpaired) electrons. The summed E-state index contributed by atoms with van der Waals surface area (Å²) < 4.78 is 5.87. The standard InChI is InChI=1S/C13H22N2O/c1-10(15-7-5-6-8-15)12-14-9-11(16-12)13(2,3)4/h9-10H,5-8H2,1-4H3/t10-/m0/s1. The minimum Gasteiger partial charge on any atom is -0.443 e. The Kier molecular flexibility index (Phi) is 3.06. The minimum absolute atomic E-state index is 0.0516. The summed E-state index contributed by atoms with van der Waals surface area (Å²) in [6, 6.07) is 0.318. The molecule has 0 amide bonds. The fourth-order valence-corrected chi connectivity index (χ4v) is 2.11. The Hall–Kier alpha value is -0.830. The average molecular weight is 222 g/mol. The molecule has 0 aromatic carbocycles. The summed E-state index contributed by atoms with van der Waals surface area (Å²) in [6.07, 6.45) is 4.48. The summed E-state index contributed by atoms with van der Waals surface area (Å²) in [5.41, 5.74) is 0.0516. The molecular weight excluding hydrogens is 200 g/mol. The van der Waals surface area contributed by atoms with Crippen LogP contribution in [0, 0.1) is 0 Å². The molecule has 0 saturated carbocycles. The van der Waals surface area contributed by atoms with Gasteiger partial charge in [0.05, 0.1) is 12.2 Å². The van der Waals surface area contributed by atoms with E-state index in [1.807, 2.05) is 6.20 Å². The molecule has 2 heterocycles. The van der Waals surface area contributed by atoms with Gasteiger partial charge in [-0.05, 0) is 32.9 Å². The summed E-state index contributed by atoms with van der Waals surface area (Å²) in [5.74, 6) is 1.85. The number of oxazole rings is 1. The predicted molar refractivity (Wildman–Crippen MR) is 64.4 cm³/mol. The topological polar surface area (TPSA) is 29.3 Å². The Labute approximate surface area is 97.8 Å². The van der Waals surface area contributed by atoms with Crippen molar-refractivity contribution in [3.63, 3.8) is 0 Å². The van der Waals surface area contributed by atoms with Crippen LogP contribution in [0.5, 0.6) is 0 Å². The normalized spacial score (nSPS) is 20.2. The third kappa shape index (κ3) is 2.29. The molecule has 0 N–H and O–H groups in total. The van der Waals surface area contributed by atoms with Crippen LogP contribution < -0.4 is 0 Å². The minimum atomic E-state index is 0.0516. The summed E-state index contributed by atoms with van der Waals surface area (Å²) in [6.45, 7) is 11.0. The zero-order chi connectivity index (χ0) is 11.8. The van der Waals surface area contributed by atoms with Crippen molar-refractivity contribution in [2.45, 2.75) is 52.0 Å². The number of hydrogen-bond acceptors (Lipinski definition) is 3. The summed E-state index contributed by atoms with van der Waals surface area (Å²) in [7, 11) is 0. The second-order valence-corrected chi connectivity index (χ2v) is 5.73. The fourth-order valence-electron chi connectivity index (χ4n) is 2.11. The van der Waals surface area contributed by atoms with Crippen LogP contribution in [0.4, 0.5) is 0 Å². The van der Waals surface area contributed by atoms with E-state index in [-0.39, 0.29) is 5.41 Å². The number of nitrogens with zero attached hydrogens (tertiary/aromatic N) is 2. The molecule has 1 atom stereocenters. The summed E-state index contributed by atoms with van der Waals surface area (Å²) in [5, 5.41) is 0. The van der Waals surface area contributed by atoms with Crippen LogP contribution in [0.2, 0.25) is 0 Å². The first kappa shape index (κ1) is 11.6. The molecule has 3 heteroatoms. The molecule has 1 saturated heterocycles. The highest BCUT2D eigenvalue weighted by Gasteiger charge is 2.25. The van der Waals surface area contributed by atoms with Crippen LogP contribution in [0.25, 0.3) is 0 Å². The maximum absolute atomic E-state index is 5.87. The molecular formula is C13H22N2O. The van der Waals surface area contributed by atoms with E-state index < -0.39 is 0 Å². The van der Waals surface area contributed by atoms with E-state index in [0.29, 0.717) is 6.04 Å². The first-order valence-electron chi connectivity index (χ1n) is 6.19. The van der Waals surface area contributed by atoms with E-state index in [0.717, 1.165) is 11.7 Å². The molecule has 3 nitrogen and oxygen atoms in total. The zero-order valence-electron chi connectivity index (χ0n) is 10.8. The van der Waals surface area contributed by atoms with Crippen molar-refractivity contribution >= 4 is 0 Å². The van der Waals surface area contributed by atoms with E-state index in [1.165, 1.54) is 25.9 Å². The zero-order valence-corrected chi connectivity index (χ0v) is 10.8. The van der Waals surface area contributed by atoms with Gasteiger partial charge in [0.1, 0.15) is 5.76 Å². The number of likely N-dealkylation sites (tertiary alicyclic amines) is 1. The van der Waals surface area contributed by atoms with E-state index in [9.17, 15) is 0 Å². The molecule has 1 aliphatic rings. The first-order chi connectivity index (χ1) is 7.48. The van der Waals surface area contributed by atoms with Crippen LogP contribution in [0.15, 0.2) is 10.6 Å². The van der Waals surface area contributed by atoms with Gasteiger partial charge in [0, 0.05) is 5.41 Å². The molecule has 0 spiro atoms. The van der Waals surface area contributed by atoms with Gasteiger partial charge in [-0.25, -0.2) is 4.98 Å². The van der Waals surface area contributed by atoms with Crippen LogP contribution in [-0.2, 0) is 5.41 Å². The summed E-state index contributed by atoms with van der Waals surface area (Å²) >= 11 is 0. The van der Waals surface area contributed by atoms with Crippen molar-refractivity contribution in [3.05, 3.63) is 17.8 Å². The highest BCUT2D eigenvalue weighted by molar-refractivity contribution is 5.07. The maximum Gasteiger partial charge on any atom is 0.211 e. The van der Waals surface area contributed by atoms with Gasteiger partial charge in [-0.15, -0.1) is 0 Å². The Morgan fingerprint density at radius 1 is 1.31 bits per heavy atom. The average Bonchev–Trinajstić information content (AvgIpc) is 2.87. The largest absolute Gasteiger partial charge is 0.443 e. The van der Waals surface area contributed by atoms with Crippen molar-refractivity contribution < 1.29 is 4.42 Å². The van der Waals surface area contributed by atoms with Crippen LogP contribution in [-0.4, -0.2) is 23.0 Å². The maximum atomic E-state index is 5.87. The Bertz CT molecular complexity index is 345. The Morgan fingerprint density at radius 2 is 1.94 bits per heavy atom. The van der Waals surface area contributed by atoms with Crippen LogP contribution in [0.3, 0.4) is 0 Å². The second kappa shape index (κ2) is 4.21. The van der Waals surface area contributed by atoms with Gasteiger partial charge in [-0.2, -0.15) is 0 Å².